The Morgan fingerprint density at radius 2 is 2.50 bits per heavy atom. The van der Waals surface area contributed by atoms with Crippen LogP contribution in [0.15, 0.2) is 0 Å². The van der Waals surface area contributed by atoms with E-state index in [9.17, 15) is 9.59 Å². The van der Waals surface area contributed by atoms with Gasteiger partial charge in [-0.05, 0) is 6.92 Å². The van der Waals surface area contributed by atoms with E-state index in [-0.39, 0.29) is 18.2 Å². The highest BCUT2D eigenvalue weighted by Crippen LogP contribution is 2.04. The summed E-state index contributed by atoms with van der Waals surface area (Å²) in [4.78, 5) is 26.1. The van der Waals surface area contributed by atoms with Crippen LogP contribution in [-0.4, -0.2) is 29.9 Å². The van der Waals surface area contributed by atoms with E-state index in [1.54, 1.807) is 0 Å². The predicted octanol–water partition coefficient (Wildman–Crippen LogP) is -0.261. The van der Waals surface area contributed by atoms with Crippen molar-refractivity contribution in [2.24, 2.45) is 0 Å². The molecule has 0 aliphatic carbocycles. The second-order valence-electron chi connectivity index (χ2n) is 2.22. The molecule has 1 fully saturated rings. The summed E-state index contributed by atoms with van der Waals surface area (Å²) in [5.41, 5.74) is 0. The molecule has 4 nitrogen and oxygen atoms in total. The zero-order chi connectivity index (χ0) is 7.56. The fourth-order valence-electron chi connectivity index (χ4n) is 0.776. The maximum Gasteiger partial charge on any atom is 0.248 e. The zero-order valence-electron chi connectivity index (χ0n) is 5.79. The number of hydrogen-bond donors (Lipinski definition) is 0. The van der Waals surface area contributed by atoms with Gasteiger partial charge in [0, 0.05) is 0 Å². The molecule has 0 atom stereocenters. The Bertz CT molecular complexity index is 166. The van der Waals surface area contributed by atoms with Gasteiger partial charge in [0.1, 0.15) is 6.54 Å². The van der Waals surface area contributed by atoms with Crippen LogP contribution in [0.25, 0.3) is 0 Å². The highest BCUT2D eigenvalue weighted by molar-refractivity contribution is 5.84. The zero-order valence-corrected chi connectivity index (χ0v) is 5.79. The van der Waals surface area contributed by atoms with Crippen LogP contribution in [0.1, 0.15) is 13.3 Å². The second-order valence-corrected chi connectivity index (χ2v) is 2.22. The van der Waals surface area contributed by atoms with E-state index in [1.807, 2.05) is 0 Å². The maximum atomic E-state index is 10.8. The summed E-state index contributed by atoms with van der Waals surface area (Å²) in [6, 6.07) is 0. The minimum atomic E-state index is -0.102. The Kier molecular flexibility index (Phi) is 2.01. The lowest BCUT2D eigenvalue weighted by Gasteiger charge is -2.10. The molecule has 0 bridgehead atoms. The van der Waals surface area contributed by atoms with Crippen molar-refractivity contribution >= 4 is 11.7 Å². The van der Waals surface area contributed by atoms with Crippen LogP contribution in [0.5, 0.6) is 0 Å². The molecule has 4 heteroatoms. The molecule has 0 unspecified atom stereocenters. The molecule has 1 amide bonds. The third-order valence-electron chi connectivity index (χ3n) is 1.21. The van der Waals surface area contributed by atoms with Crippen molar-refractivity contribution in [1.82, 2.24) is 5.06 Å². The molecule has 56 valence electrons. The van der Waals surface area contributed by atoms with Gasteiger partial charge in [0.2, 0.25) is 5.91 Å². The van der Waals surface area contributed by atoms with Crippen LogP contribution in [0.2, 0.25) is 0 Å². The van der Waals surface area contributed by atoms with Gasteiger partial charge in [-0.25, -0.2) is 5.06 Å². The Balaban J connectivity index is 2.40. The van der Waals surface area contributed by atoms with E-state index >= 15 is 0 Å². The lowest BCUT2D eigenvalue weighted by atomic mass is 10.4. The number of hydroxylamine groups is 2. The molecule has 0 saturated carbocycles. The number of nitrogens with zero attached hydrogens (tertiary/aromatic N) is 1. The van der Waals surface area contributed by atoms with Gasteiger partial charge in [-0.3, -0.25) is 14.4 Å². The summed E-state index contributed by atoms with van der Waals surface area (Å²) < 4.78 is 0. The topological polar surface area (TPSA) is 46.6 Å². The van der Waals surface area contributed by atoms with E-state index < -0.39 is 0 Å². The largest absolute Gasteiger partial charge is 0.298 e. The van der Waals surface area contributed by atoms with Crippen molar-refractivity contribution in [1.29, 1.82) is 0 Å². The highest BCUT2D eigenvalue weighted by Gasteiger charge is 2.21. The van der Waals surface area contributed by atoms with Crippen molar-refractivity contribution in [3.8, 4) is 0 Å². The first kappa shape index (κ1) is 7.21. The maximum absolute atomic E-state index is 10.8. The smallest absolute Gasteiger partial charge is 0.248 e. The van der Waals surface area contributed by atoms with Crippen LogP contribution in [0, 0.1) is 0 Å². The molecule has 0 N–H and O–H groups in total. The summed E-state index contributed by atoms with van der Waals surface area (Å²) >= 11 is 0. The summed E-state index contributed by atoms with van der Waals surface area (Å²) in [6.07, 6.45) is 0.396. The normalized spacial score (nSPS) is 18.1. The van der Waals surface area contributed by atoms with E-state index in [4.69, 9.17) is 4.84 Å². The number of amides is 1. The quantitative estimate of drug-likeness (QED) is 0.535. The lowest BCUT2D eigenvalue weighted by molar-refractivity contribution is -0.164. The first-order valence-electron chi connectivity index (χ1n) is 3.13. The Labute approximate surface area is 58.7 Å². The molecular weight excluding hydrogens is 134 g/mol. The molecule has 0 aromatic heterocycles. The lowest BCUT2D eigenvalue weighted by Crippen LogP contribution is -2.28. The number of hydrogen-bond acceptors (Lipinski definition) is 3. The minimum Gasteiger partial charge on any atom is -0.298 e. The molecule has 1 aliphatic rings. The van der Waals surface area contributed by atoms with Gasteiger partial charge in [0.25, 0.3) is 0 Å². The van der Waals surface area contributed by atoms with Crippen LogP contribution in [-0.2, 0) is 14.4 Å². The first-order valence-corrected chi connectivity index (χ1v) is 3.13. The molecule has 0 aromatic carbocycles. The van der Waals surface area contributed by atoms with E-state index in [0.717, 1.165) is 5.06 Å². The third-order valence-corrected chi connectivity index (χ3v) is 1.21. The standard InChI is InChI=1S/C6H9NO3/c1-5(8)4-7-6(9)2-3-10-7/h2-4H2,1H3. The summed E-state index contributed by atoms with van der Waals surface area (Å²) in [6.45, 7) is 1.92. The molecule has 1 rings (SSSR count). The van der Waals surface area contributed by atoms with Gasteiger partial charge in [-0.2, -0.15) is 0 Å². The van der Waals surface area contributed by atoms with Gasteiger partial charge in [0.05, 0.1) is 13.0 Å². The van der Waals surface area contributed by atoms with Crippen LogP contribution < -0.4 is 0 Å². The van der Waals surface area contributed by atoms with Crippen molar-refractivity contribution in [2.75, 3.05) is 13.2 Å². The predicted molar refractivity (Wildman–Crippen MR) is 33.0 cm³/mol. The number of rotatable bonds is 2. The van der Waals surface area contributed by atoms with Crippen LogP contribution >= 0.6 is 0 Å². The van der Waals surface area contributed by atoms with Gasteiger partial charge < -0.3 is 0 Å². The molecule has 1 saturated heterocycles. The van der Waals surface area contributed by atoms with Gasteiger partial charge >= 0.3 is 0 Å². The molecule has 0 aromatic rings. The van der Waals surface area contributed by atoms with E-state index in [0.29, 0.717) is 13.0 Å². The summed E-state index contributed by atoms with van der Waals surface area (Å²) in [5, 5.41) is 1.11. The van der Waals surface area contributed by atoms with E-state index in [2.05, 4.69) is 0 Å². The molecule has 0 radical (unpaired) electrons. The average molecular weight is 143 g/mol. The number of Topliss-reactive ketones (excluding diaryl/α,β-unsaturated/α-hetero) is 1. The number of carbonyl (C=O) groups is 2. The second kappa shape index (κ2) is 2.79. The summed E-state index contributed by atoms with van der Waals surface area (Å²) in [7, 11) is 0. The van der Waals surface area contributed by atoms with Crippen molar-refractivity contribution in [3.05, 3.63) is 0 Å². The monoisotopic (exact) mass is 143 g/mol. The fraction of sp³-hybridized carbons (Fsp3) is 0.667. The van der Waals surface area contributed by atoms with Crippen molar-refractivity contribution < 1.29 is 14.4 Å². The van der Waals surface area contributed by atoms with Crippen LogP contribution in [0.4, 0.5) is 0 Å². The number of ketones is 1. The first-order chi connectivity index (χ1) is 4.70. The molecular formula is C6H9NO3. The molecule has 1 heterocycles. The Hall–Kier alpha value is -0.900. The highest BCUT2D eigenvalue weighted by atomic mass is 16.7. The SMILES string of the molecule is CC(=O)CN1OCCC1=O. The van der Waals surface area contributed by atoms with Crippen LogP contribution in [0.3, 0.4) is 0 Å². The minimum absolute atomic E-state index is 0.0600. The number of carbonyl (C=O) groups excluding carboxylic acids is 2. The average Bonchev–Trinajstić information content (AvgIpc) is 2.15. The third kappa shape index (κ3) is 1.54. The van der Waals surface area contributed by atoms with Crippen molar-refractivity contribution in [3.63, 3.8) is 0 Å². The van der Waals surface area contributed by atoms with E-state index in [1.165, 1.54) is 6.92 Å². The van der Waals surface area contributed by atoms with Gasteiger partial charge in [-0.15, -0.1) is 0 Å². The van der Waals surface area contributed by atoms with Gasteiger partial charge in [0.15, 0.2) is 5.78 Å². The summed E-state index contributed by atoms with van der Waals surface area (Å²) in [5.74, 6) is -0.162. The molecule has 0 spiro atoms. The Morgan fingerprint density at radius 3 is 2.90 bits per heavy atom. The fourth-order valence-corrected chi connectivity index (χ4v) is 0.776. The van der Waals surface area contributed by atoms with Crippen molar-refractivity contribution in [2.45, 2.75) is 13.3 Å². The van der Waals surface area contributed by atoms with Gasteiger partial charge in [-0.1, -0.05) is 0 Å². The Morgan fingerprint density at radius 1 is 1.80 bits per heavy atom. The molecule has 1 aliphatic heterocycles. The molecule has 10 heavy (non-hydrogen) atoms.